The molecule has 0 saturated carbocycles. The summed E-state index contributed by atoms with van der Waals surface area (Å²) in [6, 6.07) is 14.5. The number of aromatic nitrogens is 1. The summed E-state index contributed by atoms with van der Waals surface area (Å²) in [7, 11) is 3.43. The van der Waals surface area contributed by atoms with Gasteiger partial charge in [0.25, 0.3) is 0 Å². The van der Waals surface area contributed by atoms with Crippen molar-refractivity contribution in [2.75, 3.05) is 20.8 Å². The average Bonchev–Trinajstić information content (AvgIpc) is 2.99. The Morgan fingerprint density at radius 1 is 1.04 bits per heavy atom. The quantitative estimate of drug-likeness (QED) is 0.779. The summed E-state index contributed by atoms with van der Waals surface area (Å²) in [4.78, 5) is 3.59. The minimum absolute atomic E-state index is 0.119. The second kappa shape index (κ2) is 5.63. The number of nitrogens with one attached hydrogen (secondary N) is 2. The Kier molecular flexibility index (Phi) is 3.46. The molecule has 2 N–H and O–H groups in total. The molecule has 1 aliphatic heterocycles. The SMILES string of the molecule is COc1ccc2[nH]c3c(c2c1)CCN[C@H]3c1ccccc1OC. The molecule has 4 nitrogen and oxygen atoms in total. The maximum Gasteiger partial charge on any atom is 0.124 e. The minimum Gasteiger partial charge on any atom is -0.497 e. The molecule has 1 atom stereocenters. The van der Waals surface area contributed by atoms with Gasteiger partial charge in [-0.25, -0.2) is 0 Å². The fourth-order valence-corrected chi connectivity index (χ4v) is 3.50. The molecule has 0 spiro atoms. The van der Waals surface area contributed by atoms with Gasteiger partial charge in [0, 0.05) is 28.7 Å². The van der Waals surface area contributed by atoms with Gasteiger partial charge in [0.15, 0.2) is 0 Å². The Labute approximate surface area is 135 Å². The van der Waals surface area contributed by atoms with Crippen LogP contribution >= 0.6 is 0 Å². The standard InChI is InChI=1S/C19H20N2O2/c1-22-12-7-8-16-15(11-12)13-9-10-20-18(19(13)21-16)14-5-3-4-6-17(14)23-2/h3-8,11,18,20-21H,9-10H2,1-2H3/t18-/m0/s1. The topological polar surface area (TPSA) is 46.3 Å². The Morgan fingerprint density at radius 2 is 1.91 bits per heavy atom. The van der Waals surface area contributed by atoms with Gasteiger partial charge in [-0.2, -0.15) is 0 Å². The highest BCUT2D eigenvalue weighted by molar-refractivity contribution is 5.86. The molecular weight excluding hydrogens is 288 g/mol. The van der Waals surface area contributed by atoms with Crippen molar-refractivity contribution in [3.8, 4) is 11.5 Å². The van der Waals surface area contributed by atoms with Crippen molar-refractivity contribution in [2.45, 2.75) is 12.5 Å². The molecular formula is C19H20N2O2. The third-order valence-corrected chi connectivity index (χ3v) is 4.61. The molecule has 4 rings (SSSR count). The van der Waals surface area contributed by atoms with Crippen molar-refractivity contribution in [3.05, 3.63) is 59.3 Å². The van der Waals surface area contributed by atoms with Crippen LogP contribution in [0.5, 0.6) is 11.5 Å². The summed E-state index contributed by atoms with van der Waals surface area (Å²) in [5, 5.41) is 4.86. The van der Waals surface area contributed by atoms with E-state index in [1.165, 1.54) is 16.6 Å². The number of hydrogen-bond acceptors (Lipinski definition) is 3. The van der Waals surface area contributed by atoms with Crippen LogP contribution in [0.4, 0.5) is 0 Å². The highest BCUT2D eigenvalue weighted by atomic mass is 16.5. The van der Waals surface area contributed by atoms with E-state index in [0.717, 1.165) is 35.5 Å². The fraction of sp³-hybridized carbons (Fsp3) is 0.263. The van der Waals surface area contributed by atoms with E-state index in [4.69, 9.17) is 9.47 Å². The predicted octanol–water partition coefficient (Wildman–Crippen LogP) is 3.42. The van der Waals surface area contributed by atoms with Crippen molar-refractivity contribution < 1.29 is 9.47 Å². The highest BCUT2D eigenvalue weighted by Gasteiger charge is 2.27. The molecule has 0 amide bonds. The van der Waals surface area contributed by atoms with Gasteiger partial charge in [0.2, 0.25) is 0 Å². The van der Waals surface area contributed by atoms with Gasteiger partial charge >= 0.3 is 0 Å². The Bertz CT molecular complexity index is 854. The largest absolute Gasteiger partial charge is 0.497 e. The summed E-state index contributed by atoms with van der Waals surface area (Å²) >= 11 is 0. The summed E-state index contributed by atoms with van der Waals surface area (Å²) in [6.07, 6.45) is 1.01. The first kappa shape index (κ1) is 14.2. The molecule has 0 saturated heterocycles. The van der Waals surface area contributed by atoms with Crippen molar-refractivity contribution in [1.82, 2.24) is 10.3 Å². The van der Waals surface area contributed by atoms with E-state index in [9.17, 15) is 0 Å². The second-order valence-corrected chi connectivity index (χ2v) is 5.81. The van der Waals surface area contributed by atoms with E-state index >= 15 is 0 Å². The lowest BCUT2D eigenvalue weighted by Gasteiger charge is -2.26. The summed E-state index contributed by atoms with van der Waals surface area (Å²) < 4.78 is 10.9. The maximum absolute atomic E-state index is 5.55. The zero-order valence-electron chi connectivity index (χ0n) is 13.3. The predicted molar refractivity (Wildman–Crippen MR) is 91.4 cm³/mol. The smallest absolute Gasteiger partial charge is 0.124 e. The van der Waals surface area contributed by atoms with Crippen LogP contribution in [0.15, 0.2) is 42.5 Å². The van der Waals surface area contributed by atoms with Crippen LogP contribution in [-0.4, -0.2) is 25.7 Å². The zero-order valence-corrected chi connectivity index (χ0v) is 13.3. The first-order chi connectivity index (χ1) is 11.3. The Balaban J connectivity index is 1.88. The van der Waals surface area contributed by atoms with Crippen molar-refractivity contribution >= 4 is 10.9 Å². The average molecular weight is 308 g/mol. The lowest BCUT2D eigenvalue weighted by Crippen LogP contribution is -2.30. The number of ether oxygens (including phenoxy) is 2. The molecule has 23 heavy (non-hydrogen) atoms. The number of aromatic amines is 1. The molecule has 3 aromatic rings. The molecule has 0 bridgehead atoms. The van der Waals surface area contributed by atoms with Gasteiger partial charge in [-0.3, -0.25) is 0 Å². The number of para-hydroxylation sites is 1. The third kappa shape index (κ3) is 2.26. The minimum atomic E-state index is 0.119. The molecule has 2 aromatic carbocycles. The highest BCUT2D eigenvalue weighted by Crippen LogP contribution is 2.37. The summed E-state index contributed by atoms with van der Waals surface area (Å²) in [5.74, 6) is 1.81. The van der Waals surface area contributed by atoms with E-state index in [2.05, 4.69) is 34.6 Å². The number of benzene rings is 2. The van der Waals surface area contributed by atoms with E-state index in [1.54, 1.807) is 14.2 Å². The van der Waals surface area contributed by atoms with E-state index in [-0.39, 0.29) is 6.04 Å². The number of rotatable bonds is 3. The maximum atomic E-state index is 5.55. The van der Waals surface area contributed by atoms with E-state index < -0.39 is 0 Å². The van der Waals surface area contributed by atoms with Gasteiger partial charge in [0.1, 0.15) is 11.5 Å². The van der Waals surface area contributed by atoms with Gasteiger partial charge in [-0.1, -0.05) is 18.2 Å². The summed E-state index contributed by atoms with van der Waals surface area (Å²) in [5.41, 5.74) is 4.91. The lowest BCUT2D eigenvalue weighted by molar-refractivity contribution is 0.402. The van der Waals surface area contributed by atoms with E-state index in [0.29, 0.717) is 0 Å². The fourth-order valence-electron chi connectivity index (χ4n) is 3.50. The van der Waals surface area contributed by atoms with Gasteiger partial charge in [0.05, 0.1) is 20.3 Å². The van der Waals surface area contributed by atoms with Crippen LogP contribution in [0.25, 0.3) is 10.9 Å². The number of hydrogen-bond donors (Lipinski definition) is 2. The van der Waals surface area contributed by atoms with Gasteiger partial charge in [-0.05, 0) is 36.2 Å². The summed E-state index contributed by atoms with van der Waals surface area (Å²) in [6.45, 7) is 0.944. The van der Waals surface area contributed by atoms with Crippen molar-refractivity contribution in [3.63, 3.8) is 0 Å². The second-order valence-electron chi connectivity index (χ2n) is 5.81. The molecule has 1 aliphatic rings. The van der Waals surface area contributed by atoms with Crippen LogP contribution in [0.2, 0.25) is 0 Å². The van der Waals surface area contributed by atoms with Crippen molar-refractivity contribution in [1.29, 1.82) is 0 Å². The molecule has 2 heterocycles. The lowest BCUT2D eigenvalue weighted by atomic mass is 9.94. The van der Waals surface area contributed by atoms with Crippen LogP contribution < -0.4 is 14.8 Å². The van der Waals surface area contributed by atoms with Gasteiger partial charge < -0.3 is 19.8 Å². The van der Waals surface area contributed by atoms with Crippen LogP contribution in [0.1, 0.15) is 22.9 Å². The zero-order chi connectivity index (χ0) is 15.8. The molecule has 0 fully saturated rings. The Hall–Kier alpha value is -2.46. The number of H-pyrrole nitrogens is 1. The van der Waals surface area contributed by atoms with E-state index in [1.807, 2.05) is 18.2 Å². The third-order valence-electron chi connectivity index (χ3n) is 4.61. The first-order valence-corrected chi connectivity index (χ1v) is 7.86. The molecule has 0 radical (unpaired) electrons. The number of methoxy groups -OCH3 is 2. The first-order valence-electron chi connectivity index (χ1n) is 7.86. The van der Waals surface area contributed by atoms with Crippen LogP contribution in [0.3, 0.4) is 0 Å². The van der Waals surface area contributed by atoms with Gasteiger partial charge in [-0.15, -0.1) is 0 Å². The molecule has 118 valence electrons. The van der Waals surface area contributed by atoms with Crippen LogP contribution in [0, 0.1) is 0 Å². The van der Waals surface area contributed by atoms with Crippen LogP contribution in [-0.2, 0) is 6.42 Å². The number of fused-ring (bicyclic) bond motifs is 3. The molecule has 1 aromatic heterocycles. The monoisotopic (exact) mass is 308 g/mol. The normalized spacial score (nSPS) is 17.0. The molecule has 4 heteroatoms. The molecule has 0 unspecified atom stereocenters. The molecule has 0 aliphatic carbocycles. The van der Waals surface area contributed by atoms with Crippen molar-refractivity contribution in [2.24, 2.45) is 0 Å². The Morgan fingerprint density at radius 3 is 2.74 bits per heavy atom.